The quantitative estimate of drug-likeness (QED) is 0.771. The molecule has 136 valence electrons. The molecule has 1 fully saturated rings. The number of aromatic hydroxyl groups is 1. The first-order valence-electron chi connectivity index (χ1n) is 9.36. The van der Waals surface area contributed by atoms with E-state index in [0.29, 0.717) is 18.3 Å². The molecule has 0 spiro atoms. The summed E-state index contributed by atoms with van der Waals surface area (Å²) >= 11 is 0. The van der Waals surface area contributed by atoms with Crippen molar-refractivity contribution in [3.05, 3.63) is 28.8 Å². The molecule has 4 N–H and O–H groups in total. The van der Waals surface area contributed by atoms with Gasteiger partial charge in [0.05, 0.1) is 0 Å². The number of hydrogen-bond acceptors (Lipinski definition) is 3. The number of benzene rings is 1. The standard InChI is InChI=1S/C21H36N2O/c1-20(2,3)15-11-14(19(24)16(12-15)21(4,5)6)13-23-18-10-8-7-9-17(18)22/h11-12,17-18,23-24H,7-10,13,22H2,1-6H3/t17-,18-/m0/s1. The summed E-state index contributed by atoms with van der Waals surface area (Å²) in [6, 6.07) is 4.92. The van der Waals surface area contributed by atoms with Gasteiger partial charge >= 0.3 is 0 Å². The molecule has 0 aliphatic heterocycles. The van der Waals surface area contributed by atoms with Gasteiger partial charge in [-0.3, -0.25) is 0 Å². The van der Waals surface area contributed by atoms with Crippen molar-refractivity contribution >= 4 is 0 Å². The lowest BCUT2D eigenvalue weighted by Crippen LogP contribution is -2.46. The van der Waals surface area contributed by atoms with Crippen LogP contribution in [0.3, 0.4) is 0 Å². The molecule has 1 saturated carbocycles. The van der Waals surface area contributed by atoms with Gasteiger partial charge in [-0.15, -0.1) is 0 Å². The molecular formula is C21H36N2O. The minimum Gasteiger partial charge on any atom is -0.507 e. The first kappa shape index (κ1) is 19.3. The second kappa shape index (κ2) is 7.05. The van der Waals surface area contributed by atoms with Crippen molar-refractivity contribution in [2.24, 2.45) is 5.73 Å². The number of nitrogens with one attached hydrogen (secondary N) is 1. The number of phenols is 1. The Morgan fingerprint density at radius 2 is 1.67 bits per heavy atom. The summed E-state index contributed by atoms with van der Waals surface area (Å²) in [5.74, 6) is 0.437. The molecule has 3 heteroatoms. The Labute approximate surface area is 148 Å². The Kier molecular flexibility index (Phi) is 5.66. The molecule has 1 aromatic rings. The third-order valence-corrected chi connectivity index (χ3v) is 5.24. The van der Waals surface area contributed by atoms with Crippen molar-refractivity contribution in [3.8, 4) is 5.75 Å². The van der Waals surface area contributed by atoms with Crippen LogP contribution >= 0.6 is 0 Å². The Morgan fingerprint density at radius 3 is 2.21 bits per heavy atom. The molecular weight excluding hydrogens is 296 g/mol. The van der Waals surface area contributed by atoms with Crippen LogP contribution in [0.2, 0.25) is 0 Å². The van der Waals surface area contributed by atoms with Gasteiger partial charge in [0.1, 0.15) is 5.75 Å². The fourth-order valence-corrected chi connectivity index (χ4v) is 3.49. The highest BCUT2D eigenvalue weighted by molar-refractivity contribution is 5.48. The van der Waals surface area contributed by atoms with Gasteiger partial charge in [0.25, 0.3) is 0 Å². The molecule has 0 unspecified atom stereocenters. The highest BCUT2D eigenvalue weighted by Crippen LogP contribution is 2.37. The van der Waals surface area contributed by atoms with Gasteiger partial charge in [0.15, 0.2) is 0 Å². The fourth-order valence-electron chi connectivity index (χ4n) is 3.49. The lowest BCUT2D eigenvalue weighted by atomic mass is 9.79. The zero-order valence-electron chi connectivity index (χ0n) is 16.4. The van der Waals surface area contributed by atoms with E-state index < -0.39 is 0 Å². The van der Waals surface area contributed by atoms with Crippen molar-refractivity contribution in [2.75, 3.05) is 0 Å². The van der Waals surface area contributed by atoms with Crippen LogP contribution in [-0.4, -0.2) is 17.2 Å². The summed E-state index contributed by atoms with van der Waals surface area (Å²) in [6.45, 7) is 13.8. The molecule has 0 bridgehead atoms. The van der Waals surface area contributed by atoms with Gasteiger partial charge in [-0.1, -0.05) is 66.5 Å². The average Bonchev–Trinajstić information content (AvgIpc) is 2.45. The van der Waals surface area contributed by atoms with Crippen LogP contribution in [0.5, 0.6) is 5.75 Å². The van der Waals surface area contributed by atoms with E-state index >= 15 is 0 Å². The number of rotatable bonds is 3. The normalized spacial score (nSPS) is 22.6. The Bertz CT molecular complexity index is 566. The number of phenolic OH excluding ortho intramolecular Hbond substituents is 1. The maximum atomic E-state index is 10.8. The largest absolute Gasteiger partial charge is 0.507 e. The van der Waals surface area contributed by atoms with Crippen LogP contribution in [0.1, 0.15) is 83.9 Å². The second-order valence-corrected chi connectivity index (χ2v) is 9.47. The van der Waals surface area contributed by atoms with Crippen LogP contribution in [0, 0.1) is 0 Å². The molecule has 0 heterocycles. The van der Waals surface area contributed by atoms with E-state index in [1.165, 1.54) is 18.4 Å². The number of nitrogens with two attached hydrogens (primary N) is 1. The molecule has 0 amide bonds. The number of hydrogen-bond donors (Lipinski definition) is 3. The average molecular weight is 333 g/mol. The van der Waals surface area contributed by atoms with Gasteiger partial charge in [0, 0.05) is 24.2 Å². The molecule has 0 saturated heterocycles. The van der Waals surface area contributed by atoms with Gasteiger partial charge < -0.3 is 16.2 Å². The highest BCUT2D eigenvalue weighted by Gasteiger charge is 2.26. The van der Waals surface area contributed by atoms with E-state index in [-0.39, 0.29) is 16.9 Å². The maximum absolute atomic E-state index is 10.8. The monoisotopic (exact) mass is 332 g/mol. The van der Waals surface area contributed by atoms with Crippen molar-refractivity contribution < 1.29 is 5.11 Å². The van der Waals surface area contributed by atoms with Gasteiger partial charge in [-0.2, -0.15) is 0 Å². The first-order chi connectivity index (χ1) is 11.0. The Hall–Kier alpha value is -1.06. The van der Waals surface area contributed by atoms with E-state index in [4.69, 9.17) is 5.73 Å². The molecule has 24 heavy (non-hydrogen) atoms. The van der Waals surface area contributed by atoms with E-state index in [1.807, 2.05) is 0 Å². The van der Waals surface area contributed by atoms with Crippen LogP contribution in [0.4, 0.5) is 0 Å². The van der Waals surface area contributed by atoms with Gasteiger partial charge in [0.2, 0.25) is 0 Å². The van der Waals surface area contributed by atoms with Crippen molar-refractivity contribution in [2.45, 2.75) is 96.7 Å². The predicted octanol–water partition coefficient (Wildman–Crippen LogP) is 4.35. The van der Waals surface area contributed by atoms with Crippen LogP contribution in [0.15, 0.2) is 12.1 Å². The summed E-state index contributed by atoms with van der Waals surface area (Å²) < 4.78 is 0. The third-order valence-electron chi connectivity index (χ3n) is 5.24. The van der Waals surface area contributed by atoms with Gasteiger partial charge in [-0.05, 0) is 34.8 Å². The van der Waals surface area contributed by atoms with E-state index in [0.717, 1.165) is 24.0 Å². The summed E-state index contributed by atoms with van der Waals surface area (Å²) in [6.07, 6.45) is 4.71. The van der Waals surface area contributed by atoms with Crippen molar-refractivity contribution in [1.82, 2.24) is 5.32 Å². The zero-order valence-corrected chi connectivity index (χ0v) is 16.4. The minimum atomic E-state index is -0.0820. The summed E-state index contributed by atoms with van der Waals surface area (Å²) in [4.78, 5) is 0. The lowest BCUT2D eigenvalue weighted by molar-refractivity contribution is 0.324. The highest BCUT2D eigenvalue weighted by atomic mass is 16.3. The molecule has 2 atom stereocenters. The molecule has 0 aromatic heterocycles. The van der Waals surface area contributed by atoms with E-state index in [9.17, 15) is 5.11 Å². The fraction of sp³-hybridized carbons (Fsp3) is 0.714. The summed E-state index contributed by atoms with van der Waals surface area (Å²) in [5.41, 5.74) is 9.52. The summed E-state index contributed by atoms with van der Waals surface area (Å²) in [5, 5.41) is 14.4. The minimum absolute atomic E-state index is 0.0592. The van der Waals surface area contributed by atoms with Crippen molar-refractivity contribution in [3.63, 3.8) is 0 Å². The Balaban J connectivity index is 2.30. The molecule has 0 radical (unpaired) electrons. The lowest BCUT2D eigenvalue weighted by Gasteiger charge is -2.31. The topological polar surface area (TPSA) is 58.3 Å². The molecule has 1 aromatic carbocycles. The van der Waals surface area contributed by atoms with E-state index in [2.05, 4.69) is 59.0 Å². The van der Waals surface area contributed by atoms with E-state index in [1.54, 1.807) is 0 Å². The maximum Gasteiger partial charge on any atom is 0.123 e. The zero-order chi connectivity index (χ0) is 18.1. The third kappa shape index (κ3) is 4.52. The Morgan fingerprint density at radius 1 is 1.04 bits per heavy atom. The predicted molar refractivity (Wildman–Crippen MR) is 103 cm³/mol. The second-order valence-electron chi connectivity index (χ2n) is 9.47. The smallest absolute Gasteiger partial charge is 0.123 e. The van der Waals surface area contributed by atoms with Crippen LogP contribution in [-0.2, 0) is 17.4 Å². The summed E-state index contributed by atoms with van der Waals surface area (Å²) in [7, 11) is 0. The van der Waals surface area contributed by atoms with Crippen LogP contribution < -0.4 is 11.1 Å². The first-order valence-corrected chi connectivity index (χ1v) is 9.36. The molecule has 1 aliphatic rings. The molecule has 2 rings (SSSR count). The van der Waals surface area contributed by atoms with Gasteiger partial charge in [-0.25, -0.2) is 0 Å². The van der Waals surface area contributed by atoms with Crippen LogP contribution in [0.25, 0.3) is 0 Å². The molecule has 1 aliphatic carbocycles. The van der Waals surface area contributed by atoms with Crippen molar-refractivity contribution in [1.29, 1.82) is 0 Å². The molecule has 3 nitrogen and oxygen atoms in total. The SMILES string of the molecule is CC(C)(C)c1cc(CN[C@H]2CCCC[C@@H]2N)c(O)c(C(C)(C)C)c1.